The summed E-state index contributed by atoms with van der Waals surface area (Å²) in [5, 5.41) is 34.5. The fraction of sp³-hybridized carbons (Fsp3) is 0.0722. The van der Waals surface area contributed by atoms with Gasteiger partial charge in [-0.15, -0.1) is 54.6 Å². The van der Waals surface area contributed by atoms with Crippen molar-refractivity contribution >= 4 is 116 Å². The van der Waals surface area contributed by atoms with Gasteiger partial charge in [-0.25, -0.2) is 4.39 Å². The standard InChI is InChI=1S/C31H18NO2.C26H16NO2.C25H13FNO2.3C5H8O2.3Ir/c1-3-10-20(11-4-1)29-25-18-26(32-19-28(25)34-30(29)21-12-5-2-6-13-21)24-16-9-15-23-22-14-7-8-17-27(22)33-31(23)24;1-16-21-14-22(27-15-24(21)29-25(16)17-8-3-2-4-9-17)20-12-7-11-19-18-10-5-6-13-23(18)28-26(19)20;26-17-10-8-15(9-11-17)23-13-16-12-21(27-14-24(16)28-23)20-6-3-5-19-18-4-1-2-7-22(18)29-25(19)20;3*1-4(6)3-5(2)7;;;/h1-15,17-19H;2-11,13-15H,1H3;1-5,7-14H;3*3,6H,1-2H3;;;/q3*-1;;;;;;. The summed E-state index contributed by atoms with van der Waals surface area (Å²) < 4.78 is 50.1. The van der Waals surface area contributed by atoms with Crippen LogP contribution in [-0.4, -0.2) is 47.6 Å². The van der Waals surface area contributed by atoms with E-state index in [-0.39, 0.29) is 101 Å². The molecule has 0 saturated carbocycles. The largest absolute Gasteiger partial charge is 0.512 e. The number of nitrogens with zero attached hydrogens (tertiary/aromatic N) is 3. The smallest absolute Gasteiger partial charge is 0.155 e. The van der Waals surface area contributed by atoms with Crippen molar-refractivity contribution in [3.05, 3.63) is 332 Å². The molecule has 9 heterocycles. The van der Waals surface area contributed by atoms with Crippen molar-refractivity contribution in [2.24, 2.45) is 0 Å². The quantitative estimate of drug-likeness (QED) is 0.0657. The van der Waals surface area contributed by atoms with Crippen molar-refractivity contribution in [3.8, 4) is 78.9 Å². The third-order valence-electron chi connectivity index (χ3n) is 18.1. The Morgan fingerprint density at radius 3 is 1.10 bits per heavy atom. The van der Waals surface area contributed by atoms with Crippen molar-refractivity contribution < 1.29 is 121 Å². The van der Waals surface area contributed by atoms with Gasteiger partial charge >= 0.3 is 0 Å². The predicted molar refractivity (Wildman–Crippen MR) is 444 cm³/mol. The van der Waals surface area contributed by atoms with Gasteiger partial charge < -0.3 is 56.8 Å². The Morgan fingerprint density at radius 2 is 0.698 bits per heavy atom. The number of aliphatic hydroxyl groups excluding tert-OH is 3. The number of hydrogen-bond acceptors (Lipinski definition) is 15. The van der Waals surface area contributed by atoms with E-state index in [1.165, 1.54) is 71.9 Å². The monoisotopic (exact) mass is 2070 g/mol. The van der Waals surface area contributed by atoms with Crippen LogP contribution < -0.4 is 0 Å². The number of aromatic nitrogens is 3. The molecule has 0 aliphatic rings. The van der Waals surface area contributed by atoms with Gasteiger partial charge in [-0.3, -0.25) is 14.4 Å². The fourth-order valence-corrected chi connectivity index (χ4v) is 13.3. The van der Waals surface area contributed by atoms with E-state index < -0.39 is 0 Å². The maximum Gasteiger partial charge on any atom is 0.155 e. The van der Waals surface area contributed by atoms with E-state index in [4.69, 9.17) is 46.8 Å². The molecule has 3 radical (unpaired) electrons. The van der Waals surface area contributed by atoms with Gasteiger partial charge in [-0.05, 0) is 120 Å². The first kappa shape index (κ1) is 84.1. The van der Waals surface area contributed by atoms with E-state index in [2.05, 4.69) is 95.8 Å². The van der Waals surface area contributed by atoms with E-state index >= 15 is 0 Å². The molecule has 116 heavy (non-hydrogen) atoms. The van der Waals surface area contributed by atoms with Crippen LogP contribution in [0.1, 0.15) is 47.1 Å². The summed E-state index contributed by atoms with van der Waals surface area (Å²) in [6.07, 6.45) is 8.80. The minimum Gasteiger partial charge on any atom is -0.512 e. The second kappa shape index (κ2) is 37.9. The number of allylic oxidation sites excluding steroid dienone is 6. The Morgan fingerprint density at radius 1 is 0.345 bits per heavy atom. The zero-order valence-electron chi connectivity index (χ0n) is 63.4. The number of para-hydroxylation sites is 3. The number of pyridine rings is 3. The molecule has 19 aromatic rings. The van der Waals surface area contributed by atoms with Crippen molar-refractivity contribution in [1.29, 1.82) is 0 Å². The van der Waals surface area contributed by atoms with Crippen molar-refractivity contribution in [3.63, 3.8) is 0 Å². The van der Waals surface area contributed by atoms with E-state index in [1.54, 1.807) is 30.7 Å². The Bertz CT molecular complexity index is 6760. The first-order valence-electron chi connectivity index (χ1n) is 36.0. The van der Waals surface area contributed by atoms with Crippen LogP contribution in [0.25, 0.3) is 178 Å². The van der Waals surface area contributed by atoms with Gasteiger partial charge in [0.2, 0.25) is 0 Å². The van der Waals surface area contributed by atoms with Crippen LogP contribution in [0, 0.1) is 30.9 Å². The molecule has 0 atom stereocenters. The molecular weight excluding hydrogens is 1990 g/mol. The molecule has 10 aromatic carbocycles. The molecule has 0 bridgehead atoms. The number of hydrogen-bond donors (Lipinski definition) is 3. The van der Waals surface area contributed by atoms with Gasteiger partial charge in [0.25, 0.3) is 0 Å². The number of carbonyl (C=O) groups is 3. The van der Waals surface area contributed by atoms with Crippen LogP contribution in [-0.2, 0) is 74.7 Å². The molecule has 0 amide bonds. The SMILES string of the molecule is CC(=O)C=C(C)O.CC(=O)C=C(C)O.CC(=O)C=C(C)O.Cc1c(-c2ccccc2)oc2cnc(-c3[c-]ccc4c3oc3ccccc34)cc12.Fc1ccc(-c2cc3cc(-c4[c-]ccc5c4oc4ccccc45)ncc3o2)cc1.[Ir].[Ir].[Ir].[c-]1ccc2c(oc3ccccc32)c1-c1cc2c(-c3ccccc3)c(-c3ccccc3)oc2cn1. The molecule has 583 valence electrons. The maximum absolute atomic E-state index is 13.2. The molecule has 0 fully saturated rings. The molecule has 0 spiro atoms. The normalized spacial score (nSPS) is 11.3. The van der Waals surface area contributed by atoms with Gasteiger partial charge in [0, 0.05) is 139 Å². The second-order valence-corrected chi connectivity index (χ2v) is 26.6. The number of aliphatic hydroxyl groups is 3. The number of benzene rings is 10. The van der Waals surface area contributed by atoms with Gasteiger partial charge in [0.15, 0.2) is 34.1 Å². The minimum atomic E-state index is -0.275. The topological polar surface area (TPSA) is 229 Å². The van der Waals surface area contributed by atoms with Gasteiger partial charge in [0.1, 0.15) is 39.8 Å². The zero-order chi connectivity index (χ0) is 78.8. The summed E-state index contributed by atoms with van der Waals surface area (Å²) in [5.74, 6) is 1.93. The Hall–Kier alpha value is -12.8. The van der Waals surface area contributed by atoms with Crippen molar-refractivity contribution in [1.82, 2.24) is 15.0 Å². The summed E-state index contributed by atoms with van der Waals surface area (Å²) in [5.41, 5.74) is 18.2. The molecule has 15 nitrogen and oxygen atoms in total. The number of rotatable bonds is 10. The third-order valence-corrected chi connectivity index (χ3v) is 18.1. The van der Waals surface area contributed by atoms with Crippen LogP contribution in [0.5, 0.6) is 0 Å². The number of carbonyl (C=O) groups excluding carboxylic acids is 3. The summed E-state index contributed by atoms with van der Waals surface area (Å²) in [7, 11) is 0. The number of furan rings is 6. The maximum atomic E-state index is 13.2. The predicted octanol–water partition coefficient (Wildman–Crippen LogP) is 25.8. The van der Waals surface area contributed by atoms with Gasteiger partial charge in [-0.1, -0.05) is 197 Å². The Kier molecular flexibility index (Phi) is 27.5. The number of fused-ring (bicyclic) bond motifs is 12. The van der Waals surface area contributed by atoms with Gasteiger partial charge in [0.05, 0.1) is 52.6 Å². The average Bonchev–Trinajstić information content (AvgIpc) is 1.61. The molecule has 0 saturated heterocycles. The van der Waals surface area contributed by atoms with Crippen molar-refractivity contribution in [2.45, 2.75) is 48.5 Å². The summed E-state index contributed by atoms with van der Waals surface area (Å²) >= 11 is 0. The zero-order valence-corrected chi connectivity index (χ0v) is 70.6. The molecule has 0 aliphatic carbocycles. The molecule has 0 aliphatic heterocycles. The summed E-state index contributed by atoms with van der Waals surface area (Å²) in [6, 6.07) is 91.0. The Labute approximate surface area is 706 Å². The van der Waals surface area contributed by atoms with Gasteiger partial charge in [-0.2, -0.15) is 0 Å². The second-order valence-electron chi connectivity index (χ2n) is 26.6. The van der Waals surface area contributed by atoms with Crippen LogP contribution in [0.3, 0.4) is 0 Å². The third kappa shape index (κ3) is 19.0. The molecule has 3 N–H and O–H groups in total. The first-order chi connectivity index (χ1) is 54.8. The van der Waals surface area contributed by atoms with Crippen LogP contribution in [0.4, 0.5) is 4.39 Å². The number of aryl methyl sites for hydroxylation is 1. The molecule has 19 heteroatoms. The fourth-order valence-electron chi connectivity index (χ4n) is 13.3. The van der Waals surface area contributed by atoms with Crippen LogP contribution in [0.2, 0.25) is 0 Å². The number of ketones is 3. The van der Waals surface area contributed by atoms with E-state index in [1.807, 2.05) is 164 Å². The van der Waals surface area contributed by atoms with Crippen LogP contribution in [0.15, 0.2) is 329 Å². The van der Waals surface area contributed by atoms with E-state index in [0.717, 1.165) is 172 Å². The molecule has 9 aromatic heterocycles. The molecular formula is C97H71FIr3N3O12-3. The number of halogens is 1. The summed E-state index contributed by atoms with van der Waals surface area (Å²) in [4.78, 5) is 44.0. The minimum absolute atomic E-state index is 0. The van der Waals surface area contributed by atoms with E-state index in [0.29, 0.717) is 11.3 Å². The van der Waals surface area contributed by atoms with Crippen LogP contribution >= 0.6 is 0 Å². The van der Waals surface area contributed by atoms with Crippen molar-refractivity contribution in [2.75, 3.05) is 0 Å². The average molecular weight is 2070 g/mol. The van der Waals surface area contributed by atoms with E-state index in [9.17, 15) is 18.8 Å². The Balaban J connectivity index is 0.000000151. The first-order valence-corrected chi connectivity index (χ1v) is 36.0. The summed E-state index contributed by atoms with van der Waals surface area (Å²) in [6.45, 7) is 10.6. The molecule has 0 unspecified atom stereocenters. The molecule has 19 rings (SSSR count).